The van der Waals surface area contributed by atoms with E-state index in [0.717, 1.165) is 32.6 Å². The summed E-state index contributed by atoms with van der Waals surface area (Å²) in [5.41, 5.74) is 4.02. The van der Waals surface area contributed by atoms with Gasteiger partial charge in [0, 0.05) is 21.0 Å². The fraction of sp³-hybridized carbons (Fsp3) is 0.200. The minimum atomic E-state index is -0.852. The fourth-order valence-corrected chi connectivity index (χ4v) is 4.09. The quantitative estimate of drug-likeness (QED) is 0.633. The van der Waals surface area contributed by atoms with Gasteiger partial charge >= 0.3 is 5.97 Å². The monoisotopic (exact) mass is 369 g/mol. The Morgan fingerprint density at radius 2 is 1.72 bits per heavy atom. The number of thiazole rings is 1. The first-order valence-electron chi connectivity index (χ1n) is 8.18. The average Bonchev–Trinajstić information content (AvgIpc) is 3.37. The van der Waals surface area contributed by atoms with Gasteiger partial charge in [0.25, 0.3) is 0 Å². The summed E-state index contributed by atoms with van der Waals surface area (Å²) in [6.45, 7) is 0. The summed E-state index contributed by atoms with van der Waals surface area (Å²) in [6.07, 6.45) is 2.52. The lowest BCUT2D eigenvalue weighted by atomic mass is 10.1. The van der Waals surface area contributed by atoms with E-state index in [9.17, 15) is 9.90 Å². The van der Waals surface area contributed by atoms with Gasteiger partial charge in [-0.25, -0.2) is 4.98 Å². The Hall–Kier alpha value is -2.17. The van der Waals surface area contributed by atoms with Crippen LogP contribution in [0.2, 0.25) is 5.02 Å². The molecule has 1 fully saturated rings. The van der Waals surface area contributed by atoms with Crippen LogP contribution in [0, 0.1) is 0 Å². The molecule has 1 aliphatic carbocycles. The van der Waals surface area contributed by atoms with E-state index in [2.05, 4.69) is 24.3 Å². The molecule has 0 amide bonds. The van der Waals surface area contributed by atoms with Gasteiger partial charge in [0.05, 0.1) is 12.1 Å². The number of benzene rings is 2. The maximum atomic E-state index is 11.2. The third-order valence-electron chi connectivity index (χ3n) is 4.33. The van der Waals surface area contributed by atoms with Crippen LogP contribution >= 0.6 is 22.9 Å². The van der Waals surface area contributed by atoms with Gasteiger partial charge in [0.15, 0.2) is 0 Å². The zero-order valence-electron chi connectivity index (χ0n) is 13.4. The molecular formula is C20H16ClNO2S. The molecule has 1 heterocycles. The minimum Gasteiger partial charge on any atom is -0.481 e. The Morgan fingerprint density at radius 1 is 1.08 bits per heavy atom. The number of carboxylic acid groups (broad SMARTS) is 1. The number of carboxylic acids is 1. The predicted octanol–water partition coefficient (Wildman–Crippen LogP) is 5.64. The van der Waals surface area contributed by atoms with Crippen molar-refractivity contribution in [2.45, 2.75) is 25.2 Å². The van der Waals surface area contributed by atoms with Crippen LogP contribution in [0.1, 0.15) is 29.2 Å². The molecule has 0 unspecified atom stereocenters. The molecule has 4 rings (SSSR count). The van der Waals surface area contributed by atoms with Crippen LogP contribution < -0.4 is 0 Å². The molecule has 0 radical (unpaired) electrons. The van der Waals surface area contributed by atoms with Crippen molar-refractivity contribution in [2.75, 3.05) is 0 Å². The van der Waals surface area contributed by atoms with E-state index in [4.69, 9.17) is 16.6 Å². The smallest absolute Gasteiger partial charge is 0.308 e. The Morgan fingerprint density at radius 3 is 2.32 bits per heavy atom. The molecule has 3 nitrogen and oxygen atoms in total. The van der Waals surface area contributed by atoms with Gasteiger partial charge in [-0.05, 0) is 36.5 Å². The first-order valence-corrected chi connectivity index (χ1v) is 9.37. The van der Waals surface area contributed by atoms with Gasteiger partial charge < -0.3 is 5.11 Å². The highest BCUT2D eigenvalue weighted by atomic mass is 35.5. The summed E-state index contributed by atoms with van der Waals surface area (Å²) < 4.78 is 0. The number of hydrogen-bond acceptors (Lipinski definition) is 3. The van der Waals surface area contributed by atoms with Gasteiger partial charge in [-0.2, -0.15) is 0 Å². The average molecular weight is 370 g/mol. The Kier molecular flexibility index (Phi) is 4.32. The van der Waals surface area contributed by atoms with Crippen LogP contribution in [0.25, 0.3) is 21.8 Å². The number of halogens is 1. The van der Waals surface area contributed by atoms with Crippen LogP contribution in [-0.4, -0.2) is 16.1 Å². The highest BCUT2D eigenvalue weighted by Crippen LogP contribution is 2.41. The van der Waals surface area contributed by atoms with Crippen molar-refractivity contribution in [3.8, 4) is 21.8 Å². The highest BCUT2D eigenvalue weighted by Gasteiger charge is 2.23. The third-order valence-corrected chi connectivity index (χ3v) is 5.69. The topological polar surface area (TPSA) is 50.2 Å². The van der Waals surface area contributed by atoms with E-state index in [0.29, 0.717) is 5.02 Å². The van der Waals surface area contributed by atoms with Crippen molar-refractivity contribution >= 4 is 28.9 Å². The number of hydrogen-bond donors (Lipinski definition) is 1. The van der Waals surface area contributed by atoms with Gasteiger partial charge in [0.1, 0.15) is 5.01 Å². The van der Waals surface area contributed by atoms with E-state index in [1.165, 1.54) is 29.7 Å². The number of aliphatic carboxylic acids is 1. The summed E-state index contributed by atoms with van der Waals surface area (Å²) in [6, 6.07) is 15.8. The molecule has 0 bridgehead atoms. The lowest BCUT2D eigenvalue weighted by Crippen LogP contribution is -1.99. The zero-order chi connectivity index (χ0) is 17.4. The molecular weight excluding hydrogens is 354 g/mol. The summed E-state index contributed by atoms with van der Waals surface area (Å²) in [5, 5.41) is 10.7. The van der Waals surface area contributed by atoms with Crippen molar-refractivity contribution in [1.29, 1.82) is 0 Å². The van der Waals surface area contributed by atoms with Crippen LogP contribution in [0.4, 0.5) is 0 Å². The van der Waals surface area contributed by atoms with Crippen LogP contribution in [0.3, 0.4) is 0 Å². The van der Waals surface area contributed by atoms with Gasteiger partial charge in [-0.3, -0.25) is 4.79 Å². The Labute approximate surface area is 154 Å². The lowest BCUT2D eigenvalue weighted by molar-refractivity contribution is -0.136. The minimum absolute atomic E-state index is 0.0320. The number of aromatic nitrogens is 1. The van der Waals surface area contributed by atoms with Crippen LogP contribution in [0.15, 0.2) is 48.5 Å². The molecule has 3 aromatic rings. The number of carbonyl (C=O) groups is 1. The van der Waals surface area contributed by atoms with Gasteiger partial charge in [-0.1, -0.05) is 48.0 Å². The second-order valence-corrected chi connectivity index (χ2v) is 7.78. The van der Waals surface area contributed by atoms with Crippen molar-refractivity contribution in [2.24, 2.45) is 0 Å². The number of nitrogens with zero attached hydrogens (tertiary/aromatic N) is 1. The number of rotatable bonds is 5. The molecule has 5 heteroatoms. The van der Waals surface area contributed by atoms with Crippen molar-refractivity contribution in [1.82, 2.24) is 4.98 Å². The molecule has 25 heavy (non-hydrogen) atoms. The molecule has 1 N–H and O–H groups in total. The second-order valence-electron chi connectivity index (χ2n) is 6.26. The highest BCUT2D eigenvalue weighted by molar-refractivity contribution is 7.15. The van der Waals surface area contributed by atoms with E-state index in [1.807, 2.05) is 12.1 Å². The maximum Gasteiger partial charge on any atom is 0.308 e. The summed E-state index contributed by atoms with van der Waals surface area (Å²) >= 11 is 7.40. The van der Waals surface area contributed by atoms with Crippen molar-refractivity contribution in [3.05, 3.63) is 64.0 Å². The van der Waals surface area contributed by atoms with Gasteiger partial charge in [0.2, 0.25) is 0 Å². The predicted molar refractivity (Wildman–Crippen MR) is 101 cm³/mol. The van der Waals surface area contributed by atoms with Crippen molar-refractivity contribution in [3.63, 3.8) is 0 Å². The normalized spacial score (nSPS) is 13.8. The van der Waals surface area contributed by atoms with E-state index in [1.54, 1.807) is 12.1 Å². The van der Waals surface area contributed by atoms with E-state index in [-0.39, 0.29) is 6.42 Å². The van der Waals surface area contributed by atoms with Crippen molar-refractivity contribution < 1.29 is 9.90 Å². The molecule has 0 atom stereocenters. The molecule has 1 aromatic heterocycles. The molecule has 2 aromatic carbocycles. The first-order chi connectivity index (χ1) is 12.1. The fourth-order valence-electron chi connectivity index (χ4n) is 2.88. The summed E-state index contributed by atoms with van der Waals surface area (Å²) in [7, 11) is 0. The SMILES string of the molecule is O=C(O)Cc1sc(-c2ccc(C3CC3)cc2)nc1-c1ccc(Cl)cc1. The van der Waals surface area contributed by atoms with Crippen LogP contribution in [-0.2, 0) is 11.2 Å². The van der Waals surface area contributed by atoms with Crippen LogP contribution in [0.5, 0.6) is 0 Å². The molecule has 126 valence electrons. The summed E-state index contributed by atoms with van der Waals surface area (Å²) in [5.74, 6) is -0.132. The molecule has 0 spiro atoms. The van der Waals surface area contributed by atoms with Gasteiger partial charge in [-0.15, -0.1) is 11.3 Å². The molecule has 0 aliphatic heterocycles. The summed E-state index contributed by atoms with van der Waals surface area (Å²) in [4.78, 5) is 16.7. The molecule has 0 saturated heterocycles. The zero-order valence-corrected chi connectivity index (χ0v) is 15.0. The Bertz CT molecular complexity index is 912. The Balaban J connectivity index is 1.72. The van der Waals surface area contributed by atoms with E-state index >= 15 is 0 Å². The third kappa shape index (κ3) is 3.60. The first kappa shape index (κ1) is 16.3. The standard InChI is InChI=1S/C20H16ClNO2S/c21-16-9-7-14(8-10-16)19-17(11-18(23)24)25-20(22-19)15-5-3-13(4-6-15)12-1-2-12/h3-10,12H,1-2,11H2,(H,23,24). The largest absolute Gasteiger partial charge is 0.481 e. The second kappa shape index (κ2) is 6.62. The molecule has 1 aliphatic rings. The lowest BCUT2D eigenvalue weighted by Gasteiger charge is -2.01. The molecule has 1 saturated carbocycles. The maximum absolute atomic E-state index is 11.2. The van der Waals surface area contributed by atoms with E-state index < -0.39 is 5.97 Å².